The number of amides is 1. The van der Waals surface area contributed by atoms with E-state index in [1.165, 1.54) is 31.2 Å². The number of hydrogen-bond acceptors (Lipinski definition) is 5. The molecular weight excluding hydrogens is 390 g/mol. The Morgan fingerprint density at radius 2 is 1.74 bits per heavy atom. The average molecular weight is 408 g/mol. The molecule has 0 bridgehead atoms. The predicted octanol–water partition coefficient (Wildman–Crippen LogP) is 2.61. The van der Waals surface area contributed by atoms with Crippen LogP contribution in [0.25, 0.3) is 0 Å². The second-order valence-corrected chi connectivity index (χ2v) is 7.98. The molecule has 2 rings (SSSR count). The highest BCUT2D eigenvalue weighted by molar-refractivity contribution is 7.89. The molecule has 0 aliphatic carbocycles. The van der Waals surface area contributed by atoms with Crippen molar-refractivity contribution < 1.29 is 17.9 Å². The van der Waals surface area contributed by atoms with Crippen LogP contribution in [-0.2, 0) is 14.8 Å². The summed E-state index contributed by atoms with van der Waals surface area (Å²) in [5, 5.41) is 9.31. The fourth-order valence-corrected chi connectivity index (χ4v) is 3.47. The van der Waals surface area contributed by atoms with Crippen LogP contribution in [0.4, 0.5) is 0 Å². The molecule has 9 heteroatoms. The number of halogens is 1. The van der Waals surface area contributed by atoms with Crippen LogP contribution in [0.3, 0.4) is 0 Å². The highest BCUT2D eigenvalue weighted by Crippen LogP contribution is 2.27. The summed E-state index contributed by atoms with van der Waals surface area (Å²) in [7, 11) is -3.97. The van der Waals surface area contributed by atoms with E-state index in [2.05, 4.69) is 5.43 Å². The van der Waals surface area contributed by atoms with E-state index in [0.717, 1.165) is 11.1 Å². The van der Waals surface area contributed by atoms with Crippen molar-refractivity contribution in [3.63, 3.8) is 0 Å². The van der Waals surface area contributed by atoms with Gasteiger partial charge in [-0.1, -0.05) is 11.6 Å². The molecule has 0 saturated heterocycles. The summed E-state index contributed by atoms with van der Waals surface area (Å²) in [5.74, 6) is -0.155. The van der Waals surface area contributed by atoms with Gasteiger partial charge in [0.2, 0.25) is 0 Å². The van der Waals surface area contributed by atoms with Crippen molar-refractivity contribution in [1.82, 2.24) is 10.3 Å². The Morgan fingerprint density at radius 1 is 1.19 bits per heavy atom. The molecule has 142 valence electrons. The van der Waals surface area contributed by atoms with E-state index >= 15 is 0 Å². The van der Waals surface area contributed by atoms with Crippen molar-refractivity contribution in [1.29, 1.82) is 5.26 Å². The molecule has 0 aliphatic rings. The molecule has 2 aromatic carbocycles. The van der Waals surface area contributed by atoms with Crippen LogP contribution in [0.5, 0.6) is 5.75 Å². The molecule has 0 heterocycles. The van der Waals surface area contributed by atoms with Gasteiger partial charge in [0.05, 0.1) is 16.5 Å². The molecule has 0 unspecified atom stereocenters. The summed E-state index contributed by atoms with van der Waals surface area (Å²) in [6.07, 6.45) is -0.952. The van der Waals surface area contributed by atoms with Crippen LogP contribution in [0.1, 0.15) is 23.6 Å². The van der Waals surface area contributed by atoms with Crippen molar-refractivity contribution in [2.45, 2.75) is 31.8 Å². The van der Waals surface area contributed by atoms with Gasteiger partial charge in [-0.2, -0.15) is 5.26 Å². The summed E-state index contributed by atoms with van der Waals surface area (Å²) in [4.78, 5) is 14.1. The quantitative estimate of drug-likeness (QED) is 0.715. The Balaban J connectivity index is 2.03. The molecule has 0 aliphatic heterocycles. The largest absolute Gasteiger partial charge is 0.480 e. The fourth-order valence-electron chi connectivity index (χ4n) is 2.30. The van der Waals surface area contributed by atoms with Crippen LogP contribution in [0.15, 0.2) is 41.3 Å². The second kappa shape index (κ2) is 8.39. The molecule has 1 atom stereocenters. The topological polar surface area (TPSA) is 108 Å². The number of rotatable bonds is 6. The zero-order valence-corrected chi connectivity index (χ0v) is 16.5. The third-order valence-corrected chi connectivity index (χ3v) is 5.17. The van der Waals surface area contributed by atoms with Crippen LogP contribution in [0.2, 0.25) is 5.02 Å². The smallest absolute Gasteiger partial charge is 0.275 e. The van der Waals surface area contributed by atoms with E-state index in [4.69, 9.17) is 21.6 Å². The Morgan fingerprint density at radius 3 is 2.26 bits per heavy atom. The summed E-state index contributed by atoms with van der Waals surface area (Å²) < 4.78 is 30.0. The van der Waals surface area contributed by atoms with E-state index in [1.807, 2.05) is 10.9 Å². The number of carbonyl (C=O) groups is 1. The Hall–Kier alpha value is -2.60. The van der Waals surface area contributed by atoms with Gasteiger partial charge in [-0.3, -0.25) is 10.2 Å². The molecule has 0 saturated carbocycles. The molecule has 0 fully saturated rings. The number of carbonyl (C=O) groups excluding carboxylic acids is 1. The van der Waals surface area contributed by atoms with Gasteiger partial charge in [-0.25, -0.2) is 8.42 Å². The zero-order valence-electron chi connectivity index (χ0n) is 14.9. The number of benzene rings is 2. The lowest BCUT2D eigenvalue weighted by atomic mass is 10.1. The SMILES string of the molecule is Cc1cc(Cl)cc(C)c1O[C@@H](C)C(=O)NNS(=O)(=O)c1ccc(C#N)cc1. The lowest BCUT2D eigenvalue weighted by Gasteiger charge is -2.18. The minimum absolute atomic E-state index is 0.0836. The number of sulfonamides is 1. The van der Waals surface area contributed by atoms with Crippen molar-refractivity contribution in [2.24, 2.45) is 0 Å². The first-order chi connectivity index (χ1) is 12.6. The van der Waals surface area contributed by atoms with Gasteiger partial charge in [0.15, 0.2) is 6.10 Å². The zero-order chi connectivity index (χ0) is 20.2. The number of aryl methyl sites for hydroxylation is 2. The normalized spacial score (nSPS) is 12.1. The average Bonchev–Trinajstić information content (AvgIpc) is 2.62. The van der Waals surface area contributed by atoms with E-state index in [-0.39, 0.29) is 4.90 Å². The van der Waals surface area contributed by atoms with Crippen molar-refractivity contribution in [2.75, 3.05) is 0 Å². The van der Waals surface area contributed by atoms with Crippen molar-refractivity contribution in [3.8, 4) is 11.8 Å². The van der Waals surface area contributed by atoms with Crippen molar-refractivity contribution in [3.05, 3.63) is 58.1 Å². The molecule has 7 nitrogen and oxygen atoms in total. The first-order valence-corrected chi connectivity index (χ1v) is 9.75. The van der Waals surface area contributed by atoms with E-state index in [1.54, 1.807) is 26.0 Å². The van der Waals surface area contributed by atoms with Crippen molar-refractivity contribution >= 4 is 27.5 Å². The van der Waals surface area contributed by atoms with E-state index < -0.39 is 22.0 Å². The maximum atomic E-state index is 12.2. The Bertz CT molecular complexity index is 975. The summed E-state index contributed by atoms with van der Waals surface area (Å²) in [6.45, 7) is 5.09. The predicted molar refractivity (Wildman–Crippen MR) is 101 cm³/mol. The van der Waals surface area contributed by atoms with Gasteiger partial charge in [-0.15, -0.1) is 4.83 Å². The van der Waals surface area contributed by atoms with Gasteiger partial charge >= 0.3 is 0 Å². The first-order valence-electron chi connectivity index (χ1n) is 7.89. The molecular formula is C18H18ClN3O4S. The minimum Gasteiger partial charge on any atom is -0.480 e. The third-order valence-electron chi connectivity index (χ3n) is 3.69. The highest BCUT2D eigenvalue weighted by Gasteiger charge is 2.20. The lowest BCUT2D eigenvalue weighted by Crippen LogP contribution is -2.47. The molecule has 27 heavy (non-hydrogen) atoms. The van der Waals surface area contributed by atoms with Gasteiger partial charge in [0, 0.05) is 5.02 Å². The number of hydrogen-bond donors (Lipinski definition) is 2. The van der Waals surface area contributed by atoms with Gasteiger partial charge in [0.1, 0.15) is 5.75 Å². The lowest BCUT2D eigenvalue weighted by molar-refractivity contribution is -0.127. The highest BCUT2D eigenvalue weighted by atomic mass is 35.5. The molecule has 0 radical (unpaired) electrons. The van der Waals surface area contributed by atoms with Gasteiger partial charge < -0.3 is 4.74 Å². The molecule has 0 spiro atoms. The first kappa shape index (κ1) is 20.7. The van der Waals surface area contributed by atoms with Gasteiger partial charge in [-0.05, 0) is 68.3 Å². The number of ether oxygens (including phenoxy) is 1. The third kappa shape index (κ3) is 5.20. The number of nitriles is 1. The van der Waals surface area contributed by atoms with Crippen LogP contribution >= 0.6 is 11.6 Å². The van der Waals surface area contributed by atoms with E-state index in [0.29, 0.717) is 16.3 Å². The molecule has 2 N–H and O–H groups in total. The Kier molecular flexibility index (Phi) is 6.44. The van der Waals surface area contributed by atoms with Gasteiger partial charge in [0.25, 0.3) is 15.9 Å². The molecule has 1 amide bonds. The number of hydrazine groups is 1. The van der Waals surface area contributed by atoms with E-state index in [9.17, 15) is 13.2 Å². The Labute approximate surface area is 162 Å². The number of nitrogens with one attached hydrogen (secondary N) is 2. The maximum Gasteiger partial charge on any atom is 0.275 e. The maximum absolute atomic E-state index is 12.2. The molecule has 2 aromatic rings. The summed E-state index contributed by atoms with van der Waals surface area (Å²) in [6, 6.07) is 10.6. The summed E-state index contributed by atoms with van der Waals surface area (Å²) in [5.41, 5.74) is 3.98. The van der Waals surface area contributed by atoms with Crippen LogP contribution in [0, 0.1) is 25.2 Å². The monoisotopic (exact) mass is 407 g/mol. The fraction of sp³-hybridized carbons (Fsp3) is 0.222. The number of nitrogens with zero attached hydrogens (tertiary/aromatic N) is 1. The van der Waals surface area contributed by atoms with Crippen LogP contribution < -0.4 is 15.0 Å². The summed E-state index contributed by atoms with van der Waals surface area (Å²) >= 11 is 5.97. The molecule has 0 aromatic heterocycles. The second-order valence-electron chi connectivity index (χ2n) is 5.86. The standard InChI is InChI=1S/C18H18ClN3O4S/c1-11-8-15(19)9-12(2)17(11)26-13(3)18(23)21-22-27(24,25)16-6-4-14(10-20)5-7-16/h4-9,13,22H,1-3H3,(H,21,23)/t13-/m0/s1. The van der Waals surface area contributed by atoms with Crippen LogP contribution in [-0.4, -0.2) is 20.4 Å². The minimum atomic E-state index is -3.97.